The van der Waals surface area contributed by atoms with Crippen molar-refractivity contribution < 1.29 is 14.4 Å². The van der Waals surface area contributed by atoms with Crippen LogP contribution in [0.25, 0.3) is 0 Å². The molecule has 1 unspecified atom stereocenters. The Morgan fingerprint density at radius 2 is 1.62 bits per heavy atom. The van der Waals surface area contributed by atoms with Gasteiger partial charge in [0.2, 0.25) is 5.91 Å². The van der Waals surface area contributed by atoms with Gasteiger partial charge in [-0.3, -0.25) is 25.2 Å². The van der Waals surface area contributed by atoms with Crippen molar-refractivity contribution in [2.24, 2.45) is 11.8 Å². The van der Waals surface area contributed by atoms with Crippen LogP contribution in [-0.4, -0.2) is 23.8 Å². The third-order valence-electron chi connectivity index (χ3n) is 4.63. The van der Waals surface area contributed by atoms with E-state index in [1.54, 1.807) is 24.3 Å². The molecule has 7 heteroatoms. The van der Waals surface area contributed by atoms with Gasteiger partial charge in [-0.2, -0.15) is 0 Å². The molecule has 1 atom stereocenters. The fourth-order valence-electron chi connectivity index (χ4n) is 3.04. The molecule has 142 valence electrons. The van der Waals surface area contributed by atoms with Gasteiger partial charge in [0.05, 0.1) is 0 Å². The van der Waals surface area contributed by atoms with E-state index in [1.165, 1.54) is 0 Å². The summed E-state index contributed by atoms with van der Waals surface area (Å²) in [7, 11) is 0. The number of hydrazine groups is 1. The zero-order valence-electron chi connectivity index (χ0n) is 15.2. The highest BCUT2D eigenvalue weighted by Crippen LogP contribution is 2.24. The quantitative estimate of drug-likeness (QED) is 0.687. The molecule has 0 spiro atoms. The molecular weight excluding hydrogens is 354 g/mol. The van der Waals surface area contributed by atoms with Crippen LogP contribution in [0.4, 0.5) is 0 Å². The summed E-state index contributed by atoms with van der Waals surface area (Å²) in [6, 6.07) is 5.62. The maximum absolute atomic E-state index is 12.4. The standard InChI is InChI=1S/C19H26ClN3O3/c1-12(2)16(21-17(24)13-6-4-3-5-7-13)19(26)23-22-18(25)14-8-10-15(20)11-9-14/h8-13,16H,3-7H2,1-2H3,(H,21,24)(H,22,25)(H,23,26). The molecule has 1 aliphatic carbocycles. The maximum Gasteiger partial charge on any atom is 0.269 e. The summed E-state index contributed by atoms with van der Waals surface area (Å²) in [5.74, 6) is -1.10. The molecule has 1 fully saturated rings. The first-order valence-electron chi connectivity index (χ1n) is 9.04. The number of rotatable bonds is 5. The maximum atomic E-state index is 12.4. The lowest BCUT2D eigenvalue weighted by molar-refractivity contribution is -0.133. The third-order valence-corrected chi connectivity index (χ3v) is 4.88. The monoisotopic (exact) mass is 379 g/mol. The van der Waals surface area contributed by atoms with E-state index in [4.69, 9.17) is 11.6 Å². The molecule has 0 radical (unpaired) electrons. The number of halogens is 1. The molecule has 1 aromatic rings. The molecule has 0 heterocycles. The van der Waals surface area contributed by atoms with E-state index in [1.807, 2.05) is 13.8 Å². The van der Waals surface area contributed by atoms with E-state index < -0.39 is 17.9 Å². The van der Waals surface area contributed by atoms with E-state index in [-0.39, 0.29) is 17.7 Å². The van der Waals surface area contributed by atoms with Gasteiger partial charge in [0.1, 0.15) is 6.04 Å². The molecule has 1 saturated carbocycles. The van der Waals surface area contributed by atoms with Gasteiger partial charge in [0.15, 0.2) is 0 Å². The van der Waals surface area contributed by atoms with Crippen molar-refractivity contribution in [1.29, 1.82) is 0 Å². The van der Waals surface area contributed by atoms with Crippen LogP contribution in [0.3, 0.4) is 0 Å². The van der Waals surface area contributed by atoms with Gasteiger partial charge in [-0.1, -0.05) is 44.7 Å². The van der Waals surface area contributed by atoms with Crippen LogP contribution in [0.5, 0.6) is 0 Å². The lowest BCUT2D eigenvalue weighted by atomic mass is 9.88. The van der Waals surface area contributed by atoms with Gasteiger partial charge < -0.3 is 5.32 Å². The van der Waals surface area contributed by atoms with Gasteiger partial charge >= 0.3 is 0 Å². The highest BCUT2D eigenvalue weighted by Gasteiger charge is 2.28. The van der Waals surface area contributed by atoms with Crippen molar-refractivity contribution in [3.8, 4) is 0 Å². The second-order valence-electron chi connectivity index (χ2n) is 7.02. The minimum atomic E-state index is -0.699. The first-order chi connectivity index (χ1) is 12.4. The van der Waals surface area contributed by atoms with Gasteiger partial charge in [-0.05, 0) is 43.0 Å². The average Bonchev–Trinajstić information content (AvgIpc) is 2.64. The Morgan fingerprint density at radius 1 is 1.00 bits per heavy atom. The Morgan fingerprint density at radius 3 is 2.19 bits per heavy atom. The molecule has 26 heavy (non-hydrogen) atoms. The van der Waals surface area contributed by atoms with Crippen molar-refractivity contribution >= 4 is 29.3 Å². The van der Waals surface area contributed by atoms with Gasteiger partial charge in [-0.15, -0.1) is 0 Å². The summed E-state index contributed by atoms with van der Waals surface area (Å²) in [6.07, 6.45) is 4.99. The van der Waals surface area contributed by atoms with E-state index >= 15 is 0 Å². The van der Waals surface area contributed by atoms with Crippen molar-refractivity contribution in [3.05, 3.63) is 34.9 Å². The Balaban J connectivity index is 1.89. The molecule has 0 bridgehead atoms. The molecule has 1 aromatic carbocycles. The van der Waals surface area contributed by atoms with Crippen LogP contribution < -0.4 is 16.2 Å². The molecule has 2 rings (SSSR count). The van der Waals surface area contributed by atoms with E-state index in [0.717, 1.165) is 32.1 Å². The van der Waals surface area contributed by atoms with Crippen LogP contribution in [0.2, 0.25) is 5.02 Å². The minimum Gasteiger partial charge on any atom is -0.344 e. The van der Waals surface area contributed by atoms with Crippen molar-refractivity contribution in [3.63, 3.8) is 0 Å². The smallest absolute Gasteiger partial charge is 0.269 e. The lowest BCUT2D eigenvalue weighted by Gasteiger charge is -2.26. The third kappa shape index (κ3) is 5.73. The van der Waals surface area contributed by atoms with Crippen LogP contribution in [0.15, 0.2) is 24.3 Å². The van der Waals surface area contributed by atoms with Crippen molar-refractivity contribution in [2.75, 3.05) is 0 Å². The van der Waals surface area contributed by atoms with Gasteiger partial charge in [-0.25, -0.2) is 0 Å². The molecule has 3 N–H and O–H groups in total. The highest BCUT2D eigenvalue weighted by atomic mass is 35.5. The van der Waals surface area contributed by atoms with Crippen molar-refractivity contribution in [2.45, 2.75) is 52.0 Å². The number of amides is 3. The largest absolute Gasteiger partial charge is 0.344 e. The number of carbonyl (C=O) groups excluding carboxylic acids is 3. The summed E-state index contributed by atoms with van der Waals surface area (Å²) in [5.41, 5.74) is 5.15. The van der Waals surface area contributed by atoms with E-state index in [9.17, 15) is 14.4 Å². The molecule has 0 aliphatic heterocycles. The molecule has 1 aliphatic rings. The Bertz CT molecular complexity index is 640. The fourth-order valence-corrected chi connectivity index (χ4v) is 3.17. The van der Waals surface area contributed by atoms with Crippen LogP contribution >= 0.6 is 11.6 Å². The Hall–Kier alpha value is -2.08. The number of hydrogen-bond acceptors (Lipinski definition) is 3. The number of benzene rings is 1. The van der Waals surface area contributed by atoms with Gasteiger partial charge in [0, 0.05) is 16.5 Å². The summed E-state index contributed by atoms with van der Waals surface area (Å²) in [6.45, 7) is 3.71. The predicted octanol–water partition coefficient (Wildman–Crippen LogP) is 2.82. The lowest BCUT2D eigenvalue weighted by Crippen LogP contribution is -2.55. The van der Waals surface area contributed by atoms with Crippen LogP contribution in [0, 0.1) is 11.8 Å². The number of hydrogen-bond donors (Lipinski definition) is 3. The number of nitrogens with one attached hydrogen (secondary N) is 3. The Labute approximate surface area is 159 Å². The fraction of sp³-hybridized carbons (Fsp3) is 0.526. The van der Waals surface area contributed by atoms with Crippen LogP contribution in [-0.2, 0) is 9.59 Å². The van der Waals surface area contributed by atoms with Crippen LogP contribution in [0.1, 0.15) is 56.3 Å². The Kier molecular flexibility index (Phi) is 7.45. The topological polar surface area (TPSA) is 87.3 Å². The first kappa shape index (κ1) is 20.2. The summed E-state index contributed by atoms with van der Waals surface area (Å²) in [5, 5.41) is 3.36. The summed E-state index contributed by atoms with van der Waals surface area (Å²) >= 11 is 5.79. The molecule has 0 aromatic heterocycles. The second-order valence-corrected chi connectivity index (χ2v) is 7.45. The second kappa shape index (κ2) is 9.57. The zero-order valence-corrected chi connectivity index (χ0v) is 15.9. The molecule has 0 saturated heterocycles. The zero-order chi connectivity index (χ0) is 19.1. The van der Waals surface area contributed by atoms with Crippen molar-refractivity contribution in [1.82, 2.24) is 16.2 Å². The minimum absolute atomic E-state index is 0.0264. The first-order valence-corrected chi connectivity index (χ1v) is 9.42. The van der Waals surface area contributed by atoms with Gasteiger partial charge in [0.25, 0.3) is 11.8 Å². The normalized spacial score (nSPS) is 16.0. The molecular formula is C19H26ClN3O3. The van der Waals surface area contributed by atoms with E-state index in [0.29, 0.717) is 10.6 Å². The van der Waals surface area contributed by atoms with E-state index in [2.05, 4.69) is 16.2 Å². The predicted molar refractivity (Wildman–Crippen MR) is 100 cm³/mol. The highest BCUT2D eigenvalue weighted by molar-refractivity contribution is 6.30. The summed E-state index contributed by atoms with van der Waals surface area (Å²) < 4.78 is 0. The summed E-state index contributed by atoms with van der Waals surface area (Å²) in [4.78, 5) is 36.9. The SMILES string of the molecule is CC(C)C(NC(=O)C1CCCCC1)C(=O)NNC(=O)c1ccc(Cl)cc1. The number of carbonyl (C=O) groups is 3. The molecule has 3 amide bonds. The molecule has 6 nitrogen and oxygen atoms in total. The average molecular weight is 380 g/mol.